The Morgan fingerprint density at radius 2 is 1.74 bits per heavy atom. The lowest BCUT2D eigenvalue weighted by molar-refractivity contribution is -0.118. The minimum Gasteiger partial charge on any atom is -0.320 e. The van der Waals surface area contributed by atoms with E-state index in [1.54, 1.807) is 19.2 Å². The van der Waals surface area contributed by atoms with Crippen molar-refractivity contribution in [1.29, 1.82) is 0 Å². The lowest BCUT2D eigenvalue weighted by atomic mass is 9.99. The SMILES string of the molecule is CCC(C)[C@H](N)C(=O)Nc1c(F)c(F)cc(F)c1F. The quantitative estimate of drug-likeness (QED) is 0.657. The zero-order chi connectivity index (χ0) is 14.7. The first-order valence-electron chi connectivity index (χ1n) is 5.69. The monoisotopic (exact) mass is 278 g/mol. The molecule has 0 bridgehead atoms. The maximum Gasteiger partial charge on any atom is 0.241 e. The van der Waals surface area contributed by atoms with Gasteiger partial charge in [0.15, 0.2) is 23.3 Å². The summed E-state index contributed by atoms with van der Waals surface area (Å²) in [6, 6.07) is -0.968. The van der Waals surface area contributed by atoms with Gasteiger partial charge in [-0.05, 0) is 5.92 Å². The highest BCUT2D eigenvalue weighted by molar-refractivity contribution is 5.95. The molecule has 7 heteroatoms. The Hall–Kier alpha value is -1.63. The Labute approximate surface area is 107 Å². The summed E-state index contributed by atoms with van der Waals surface area (Å²) in [7, 11) is 0. The van der Waals surface area contributed by atoms with Gasteiger partial charge in [0.25, 0.3) is 0 Å². The van der Waals surface area contributed by atoms with Crippen molar-refractivity contribution in [3.63, 3.8) is 0 Å². The highest BCUT2D eigenvalue weighted by atomic mass is 19.2. The second-order valence-electron chi connectivity index (χ2n) is 4.24. The van der Waals surface area contributed by atoms with Gasteiger partial charge in [0.1, 0.15) is 5.69 Å². The minimum atomic E-state index is -1.66. The lowest BCUT2D eigenvalue weighted by Crippen LogP contribution is -2.41. The molecule has 19 heavy (non-hydrogen) atoms. The first-order chi connectivity index (χ1) is 8.79. The topological polar surface area (TPSA) is 55.1 Å². The molecule has 3 N–H and O–H groups in total. The van der Waals surface area contributed by atoms with E-state index in [4.69, 9.17) is 5.73 Å². The van der Waals surface area contributed by atoms with Crippen molar-refractivity contribution >= 4 is 11.6 Å². The number of nitrogens with two attached hydrogens (primary N) is 1. The molecule has 0 saturated carbocycles. The second kappa shape index (κ2) is 6.01. The maximum absolute atomic E-state index is 13.3. The van der Waals surface area contributed by atoms with Gasteiger partial charge in [-0.1, -0.05) is 20.3 Å². The normalized spacial score (nSPS) is 14.1. The number of rotatable bonds is 4. The molecule has 0 aliphatic carbocycles. The number of halogens is 4. The van der Waals surface area contributed by atoms with Crippen molar-refractivity contribution in [2.45, 2.75) is 26.3 Å². The molecule has 0 aromatic heterocycles. The molecule has 1 aromatic rings. The van der Waals surface area contributed by atoms with Gasteiger partial charge < -0.3 is 11.1 Å². The van der Waals surface area contributed by atoms with Crippen LogP contribution in [0.25, 0.3) is 0 Å². The summed E-state index contributed by atoms with van der Waals surface area (Å²) in [5, 5.41) is 1.78. The van der Waals surface area contributed by atoms with E-state index in [2.05, 4.69) is 0 Å². The summed E-state index contributed by atoms with van der Waals surface area (Å²) in [6.45, 7) is 3.45. The van der Waals surface area contributed by atoms with E-state index in [-0.39, 0.29) is 12.0 Å². The molecule has 1 unspecified atom stereocenters. The molecule has 0 heterocycles. The van der Waals surface area contributed by atoms with Crippen LogP contribution in [0.2, 0.25) is 0 Å². The molecule has 3 nitrogen and oxygen atoms in total. The van der Waals surface area contributed by atoms with Gasteiger partial charge in [0, 0.05) is 6.07 Å². The maximum atomic E-state index is 13.3. The van der Waals surface area contributed by atoms with E-state index >= 15 is 0 Å². The molecular weight excluding hydrogens is 264 g/mol. The molecule has 0 radical (unpaired) electrons. The summed E-state index contributed by atoms with van der Waals surface area (Å²) in [5.41, 5.74) is 4.39. The average molecular weight is 278 g/mol. The molecule has 1 rings (SSSR count). The molecule has 106 valence electrons. The zero-order valence-electron chi connectivity index (χ0n) is 10.4. The van der Waals surface area contributed by atoms with E-state index in [0.29, 0.717) is 6.42 Å². The van der Waals surface area contributed by atoms with Crippen molar-refractivity contribution in [3.05, 3.63) is 29.3 Å². The summed E-state index contributed by atoms with van der Waals surface area (Å²) in [4.78, 5) is 11.6. The fourth-order valence-corrected chi connectivity index (χ4v) is 1.40. The van der Waals surface area contributed by atoms with Gasteiger partial charge in [-0.15, -0.1) is 0 Å². The van der Waals surface area contributed by atoms with Crippen LogP contribution < -0.4 is 11.1 Å². The van der Waals surface area contributed by atoms with Gasteiger partial charge in [-0.25, -0.2) is 17.6 Å². The van der Waals surface area contributed by atoms with Gasteiger partial charge >= 0.3 is 0 Å². The van der Waals surface area contributed by atoms with Crippen LogP contribution >= 0.6 is 0 Å². The zero-order valence-corrected chi connectivity index (χ0v) is 10.4. The van der Waals surface area contributed by atoms with Gasteiger partial charge in [0.2, 0.25) is 5.91 Å². The van der Waals surface area contributed by atoms with Gasteiger partial charge in [-0.3, -0.25) is 4.79 Å². The third kappa shape index (κ3) is 3.23. The number of hydrogen-bond acceptors (Lipinski definition) is 2. The van der Waals surface area contributed by atoms with E-state index < -0.39 is 40.9 Å². The molecular formula is C12H14F4N2O. The van der Waals surface area contributed by atoms with Crippen molar-refractivity contribution in [2.24, 2.45) is 11.7 Å². The first-order valence-corrected chi connectivity index (χ1v) is 5.69. The Kier molecular flexibility index (Phi) is 4.88. The molecule has 1 aromatic carbocycles. The van der Waals surface area contributed by atoms with Crippen LogP contribution in [0.1, 0.15) is 20.3 Å². The third-order valence-electron chi connectivity index (χ3n) is 2.92. The number of hydrogen-bond donors (Lipinski definition) is 2. The lowest BCUT2D eigenvalue weighted by Gasteiger charge is -2.18. The van der Waals surface area contributed by atoms with E-state index in [9.17, 15) is 22.4 Å². The van der Waals surface area contributed by atoms with Crippen molar-refractivity contribution < 1.29 is 22.4 Å². The molecule has 1 amide bonds. The van der Waals surface area contributed by atoms with Crippen LogP contribution in [0.15, 0.2) is 6.07 Å². The summed E-state index contributed by atoms with van der Waals surface area (Å²) < 4.78 is 52.5. The highest BCUT2D eigenvalue weighted by Crippen LogP contribution is 2.24. The van der Waals surface area contributed by atoms with Gasteiger partial charge in [-0.2, -0.15) is 0 Å². The predicted octanol–water partition coefficient (Wildman–Crippen LogP) is 2.55. The van der Waals surface area contributed by atoms with Crippen LogP contribution in [0, 0.1) is 29.2 Å². The molecule has 0 saturated heterocycles. The standard InChI is InChI=1S/C12H14F4N2O/c1-3-5(2)10(17)12(19)18-11-8(15)6(13)4-7(14)9(11)16/h4-5,10H,3,17H2,1-2H3,(H,18,19)/t5?,10-/m0/s1. The number of nitrogens with one attached hydrogen (secondary N) is 1. The molecule has 0 aliphatic heterocycles. The Balaban J connectivity index is 3.03. The minimum absolute atomic E-state index is 0.0644. The van der Waals surface area contributed by atoms with E-state index in [0.717, 1.165) is 0 Å². The highest BCUT2D eigenvalue weighted by Gasteiger charge is 2.25. The summed E-state index contributed by atoms with van der Waals surface area (Å²) in [6.07, 6.45) is 0.567. The number of benzene rings is 1. The Morgan fingerprint density at radius 3 is 2.16 bits per heavy atom. The smallest absolute Gasteiger partial charge is 0.241 e. The summed E-state index contributed by atoms with van der Waals surface area (Å²) in [5.74, 6) is -7.66. The average Bonchev–Trinajstić information content (AvgIpc) is 2.39. The van der Waals surface area contributed by atoms with E-state index in [1.807, 2.05) is 0 Å². The Morgan fingerprint density at radius 1 is 1.26 bits per heavy atom. The fraction of sp³-hybridized carbons (Fsp3) is 0.417. The molecule has 0 fully saturated rings. The summed E-state index contributed by atoms with van der Waals surface area (Å²) >= 11 is 0. The van der Waals surface area contributed by atoms with Crippen LogP contribution in [0.5, 0.6) is 0 Å². The second-order valence-corrected chi connectivity index (χ2v) is 4.24. The first kappa shape index (κ1) is 15.4. The van der Waals surface area contributed by atoms with Crippen molar-refractivity contribution in [2.75, 3.05) is 5.32 Å². The third-order valence-corrected chi connectivity index (χ3v) is 2.92. The molecule has 2 atom stereocenters. The Bertz CT molecular complexity index is 467. The number of anilines is 1. The van der Waals surface area contributed by atoms with Crippen molar-refractivity contribution in [3.8, 4) is 0 Å². The predicted molar refractivity (Wildman–Crippen MR) is 62.3 cm³/mol. The molecule has 0 spiro atoms. The van der Waals surface area contributed by atoms with Crippen LogP contribution in [-0.4, -0.2) is 11.9 Å². The van der Waals surface area contributed by atoms with Crippen molar-refractivity contribution in [1.82, 2.24) is 0 Å². The number of carbonyl (C=O) groups excluding carboxylic acids is 1. The van der Waals surface area contributed by atoms with E-state index in [1.165, 1.54) is 0 Å². The van der Waals surface area contributed by atoms with Crippen LogP contribution in [-0.2, 0) is 4.79 Å². The fourth-order valence-electron chi connectivity index (χ4n) is 1.40. The van der Waals surface area contributed by atoms with Gasteiger partial charge in [0.05, 0.1) is 6.04 Å². The largest absolute Gasteiger partial charge is 0.320 e. The van der Waals surface area contributed by atoms with Crippen LogP contribution in [0.3, 0.4) is 0 Å². The number of amides is 1. The van der Waals surface area contributed by atoms with Crippen LogP contribution in [0.4, 0.5) is 23.2 Å². The molecule has 0 aliphatic rings. The number of carbonyl (C=O) groups is 1.